The molecule has 1 fully saturated rings. The van der Waals surface area contributed by atoms with Gasteiger partial charge in [0.05, 0.1) is 29.3 Å². The first-order valence-corrected chi connectivity index (χ1v) is 10.9. The Bertz CT molecular complexity index is 1200. The standard InChI is InChI=1S/C24H25F2N7O/c1-15(2)29-32-23(21-8-7-17(11-27-21)24(25)26)16(3)14-34-22-10-9-20(30-31-22)18-12-28-33(13-18)19-5-4-6-19/h7-13,19,24H,1,4-6,14H2,2-3H3/b23-16+,32-29?. The SMILES string of the molecule is C=C(C)N=N/C(=C(\C)COc1ccc(-c2cnn(C3CCC3)c2)nn1)c1ccc(C(F)F)cn1. The maximum absolute atomic E-state index is 12.9. The molecule has 3 aromatic rings. The van der Waals surface area contributed by atoms with E-state index in [-0.39, 0.29) is 12.2 Å². The van der Waals surface area contributed by atoms with Crippen molar-refractivity contribution in [3.05, 3.63) is 72.0 Å². The van der Waals surface area contributed by atoms with Crippen molar-refractivity contribution in [2.24, 2.45) is 10.2 Å². The van der Waals surface area contributed by atoms with E-state index in [4.69, 9.17) is 4.74 Å². The first-order valence-electron chi connectivity index (χ1n) is 10.9. The maximum atomic E-state index is 12.9. The molecule has 0 N–H and O–H groups in total. The molecule has 34 heavy (non-hydrogen) atoms. The maximum Gasteiger partial charge on any atom is 0.265 e. The highest BCUT2D eigenvalue weighted by Crippen LogP contribution is 2.32. The molecule has 0 spiro atoms. The zero-order chi connectivity index (χ0) is 24.1. The van der Waals surface area contributed by atoms with E-state index in [1.54, 1.807) is 26.1 Å². The van der Waals surface area contributed by atoms with Crippen LogP contribution < -0.4 is 4.74 Å². The van der Waals surface area contributed by atoms with Crippen LogP contribution in [0, 0.1) is 0 Å². The topological polar surface area (TPSA) is 90.4 Å². The third-order valence-corrected chi connectivity index (χ3v) is 5.43. The number of aromatic nitrogens is 5. The zero-order valence-electron chi connectivity index (χ0n) is 19.0. The van der Waals surface area contributed by atoms with Gasteiger partial charge in [0.1, 0.15) is 12.3 Å². The molecule has 3 heterocycles. The molecule has 1 saturated carbocycles. The molecule has 4 rings (SSSR count). The summed E-state index contributed by atoms with van der Waals surface area (Å²) in [5, 5.41) is 21.0. The van der Waals surface area contributed by atoms with Crippen molar-refractivity contribution in [3.63, 3.8) is 0 Å². The summed E-state index contributed by atoms with van der Waals surface area (Å²) in [5.74, 6) is 0.340. The number of halogens is 2. The van der Waals surface area contributed by atoms with Crippen molar-refractivity contribution in [2.45, 2.75) is 45.6 Å². The number of azo groups is 1. The van der Waals surface area contributed by atoms with Crippen LogP contribution in [-0.4, -0.2) is 31.6 Å². The Balaban J connectivity index is 1.47. The largest absolute Gasteiger partial charge is 0.472 e. The number of ether oxygens (including phenoxy) is 1. The Morgan fingerprint density at radius 3 is 2.56 bits per heavy atom. The van der Waals surface area contributed by atoms with Crippen LogP contribution in [-0.2, 0) is 0 Å². The summed E-state index contributed by atoms with van der Waals surface area (Å²) in [7, 11) is 0. The van der Waals surface area contributed by atoms with E-state index in [0.717, 1.165) is 24.6 Å². The van der Waals surface area contributed by atoms with Gasteiger partial charge in [-0.3, -0.25) is 9.67 Å². The van der Waals surface area contributed by atoms with E-state index < -0.39 is 6.43 Å². The van der Waals surface area contributed by atoms with Crippen molar-refractivity contribution in [3.8, 4) is 17.1 Å². The lowest BCUT2D eigenvalue weighted by atomic mass is 9.93. The fourth-order valence-corrected chi connectivity index (χ4v) is 3.29. The van der Waals surface area contributed by atoms with Gasteiger partial charge in [-0.15, -0.1) is 15.3 Å². The highest BCUT2D eigenvalue weighted by Gasteiger charge is 2.20. The van der Waals surface area contributed by atoms with Crippen molar-refractivity contribution in [1.82, 2.24) is 25.0 Å². The van der Waals surface area contributed by atoms with Gasteiger partial charge in [0.25, 0.3) is 6.43 Å². The molecule has 8 nitrogen and oxygen atoms in total. The normalized spacial score (nSPS) is 14.9. The summed E-state index contributed by atoms with van der Waals surface area (Å²) >= 11 is 0. The van der Waals surface area contributed by atoms with Gasteiger partial charge < -0.3 is 4.74 Å². The Labute approximate surface area is 196 Å². The molecule has 0 bridgehead atoms. The van der Waals surface area contributed by atoms with Crippen LogP contribution in [0.15, 0.2) is 70.9 Å². The van der Waals surface area contributed by atoms with E-state index in [2.05, 4.69) is 37.1 Å². The number of rotatable bonds is 9. The molecule has 0 amide bonds. The van der Waals surface area contributed by atoms with E-state index in [9.17, 15) is 8.78 Å². The molecule has 10 heteroatoms. The van der Waals surface area contributed by atoms with Crippen molar-refractivity contribution in [2.75, 3.05) is 6.61 Å². The molecule has 1 aliphatic carbocycles. The Morgan fingerprint density at radius 2 is 1.97 bits per heavy atom. The summed E-state index contributed by atoms with van der Waals surface area (Å²) < 4.78 is 33.5. The second-order valence-corrected chi connectivity index (χ2v) is 8.18. The van der Waals surface area contributed by atoms with Crippen LogP contribution in [0.25, 0.3) is 17.0 Å². The molecular weight excluding hydrogens is 440 g/mol. The number of allylic oxidation sites excluding steroid dienone is 1. The summed E-state index contributed by atoms with van der Waals surface area (Å²) in [6.45, 7) is 7.34. The Hall–Kier alpha value is -3.82. The van der Waals surface area contributed by atoms with Crippen LogP contribution >= 0.6 is 0 Å². The predicted octanol–water partition coefficient (Wildman–Crippen LogP) is 6.19. The Morgan fingerprint density at radius 1 is 1.15 bits per heavy atom. The van der Waals surface area contributed by atoms with Gasteiger partial charge in [-0.1, -0.05) is 6.58 Å². The molecule has 0 radical (unpaired) electrons. The minimum atomic E-state index is -2.59. The van der Waals surface area contributed by atoms with Crippen LogP contribution in [0.5, 0.6) is 5.88 Å². The van der Waals surface area contributed by atoms with Gasteiger partial charge in [-0.05, 0) is 56.9 Å². The second kappa shape index (κ2) is 10.4. The lowest BCUT2D eigenvalue weighted by Crippen LogP contribution is -2.16. The Kier molecular flexibility index (Phi) is 7.15. The average Bonchev–Trinajstić information content (AvgIpc) is 3.26. The van der Waals surface area contributed by atoms with E-state index in [1.165, 1.54) is 18.6 Å². The monoisotopic (exact) mass is 465 g/mol. The van der Waals surface area contributed by atoms with Gasteiger partial charge in [-0.2, -0.15) is 10.2 Å². The average molecular weight is 466 g/mol. The number of alkyl halides is 2. The molecule has 0 unspecified atom stereocenters. The second-order valence-electron chi connectivity index (χ2n) is 8.18. The molecule has 0 saturated heterocycles. The molecular formula is C24H25F2N7O. The van der Waals surface area contributed by atoms with Crippen LogP contribution in [0.3, 0.4) is 0 Å². The molecule has 1 aliphatic rings. The van der Waals surface area contributed by atoms with Gasteiger partial charge in [-0.25, -0.2) is 8.78 Å². The molecule has 3 aromatic heterocycles. The summed E-state index contributed by atoms with van der Waals surface area (Å²) in [4.78, 5) is 4.11. The zero-order valence-corrected chi connectivity index (χ0v) is 19.0. The molecule has 176 valence electrons. The fourth-order valence-electron chi connectivity index (χ4n) is 3.29. The summed E-state index contributed by atoms with van der Waals surface area (Å²) in [6, 6.07) is 6.85. The van der Waals surface area contributed by atoms with E-state index in [0.29, 0.717) is 40.3 Å². The smallest absolute Gasteiger partial charge is 0.265 e. The van der Waals surface area contributed by atoms with Crippen LogP contribution in [0.4, 0.5) is 8.78 Å². The summed E-state index contributed by atoms with van der Waals surface area (Å²) in [6.07, 6.45) is 5.88. The van der Waals surface area contributed by atoms with Gasteiger partial charge in [0.2, 0.25) is 5.88 Å². The minimum absolute atomic E-state index is 0.135. The molecule has 0 atom stereocenters. The van der Waals surface area contributed by atoms with Crippen molar-refractivity contribution >= 4 is 5.70 Å². The molecule has 0 aromatic carbocycles. The predicted molar refractivity (Wildman–Crippen MR) is 123 cm³/mol. The first kappa shape index (κ1) is 23.3. The number of hydrogen-bond acceptors (Lipinski definition) is 7. The summed E-state index contributed by atoms with van der Waals surface area (Å²) in [5.41, 5.74) is 3.46. The third-order valence-electron chi connectivity index (χ3n) is 5.43. The highest BCUT2D eigenvalue weighted by molar-refractivity contribution is 5.64. The van der Waals surface area contributed by atoms with E-state index in [1.807, 2.05) is 16.9 Å². The number of nitrogens with zero attached hydrogens (tertiary/aromatic N) is 7. The quantitative estimate of drug-likeness (QED) is 0.351. The minimum Gasteiger partial charge on any atom is -0.472 e. The third kappa shape index (κ3) is 5.56. The van der Waals surface area contributed by atoms with Gasteiger partial charge in [0.15, 0.2) is 0 Å². The van der Waals surface area contributed by atoms with Crippen LogP contribution in [0.2, 0.25) is 0 Å². The van der Waals surface area contributed by atoms with Gasteiger partial charge in [0, 0.05) is 29.6 Å². The number of hydrogen-bond donors (Lipinski definition) is 0. The van der Waals surface area contributed by atoms with Gasteiger partial charge >= 0.3 is 0 Å². The number of pyridine rings is 1. The lowest BCUT2D eigenvalue weighted by Gasteiger charge is -2.25. The lowest BCUT2D eigenvalue weighted by molar-refractivity contribution is 0.151. The van der Waals surface area contributed by atoms with E-state index >= 15 is 0 Å². The fraction of sp³-hybridized carbons (Fsp3) is 0.333. The first-order chi connectivity index (χ1) is 16.4. The molecule has 0 aliphatic heterocycles. The van der Waals surface area contributed by atoms with Crippen molar-refractivity contribution in [1.29, 1.82) is 0 Å². The van der Waals surface area contributed by atoms with Crippen molar-refractivity contribution < 1.29 is 13.5 Å². The van der Waals surface area contributed by atoms with Crippen LogP contribution in [0.1, 0.15) is 56.8 Å². The highest BCUT2D eigenvalue weighted by atomic mass is 19.3.